The first-order valence-corrected chi connectivity index (χ1v) is 6.81. The molecule has 0 fully saturated rings. The van der Waals surface area contributed by atoms with E-state index in [-0.39, 0.29) is 18.0 Å². The van der Waals surface area contributed by atoms with Crippen molar-refractivity contribution in [2.24, 2.45) is 0 Å². The smallest absolute Gasteiger partial charge is 0.137 e. The van der Waals surface area contributed by atoms with Crippen LogP contribution in [0.3, 0.4) is 0 Å². The molecule has 2 rings (SSSR count). The SMILES string of the molecule is C[C@@H](O)c1ccc(OCc2ccc(F)c(Br)c2)cc1F. The number of halogens is 3. The van der Waals surface area contributed by atoms with E-state index in [0.29, 0.717) is 10.2 Å². The van der Waals surface area contributed by atoms with Crippen molar-refractivity contribution < 1.29 is 18.6 Å². The summed E-state index contributed by atoms with van der Waals surface area (Å²) in [7, 11) is 0. The second-order valence-electron chi connectivity index (χ2n) is 4.40. The van der Waals surface area contributed by atoms with E-state index in [0.717, 1.165) is 5.56 Å². The van der Waals surface area contributed by atoms with Gasteiger partial charge in [-0.2, -0.15) is 0 Å². The topological polar surface area (TPSA) is 29.5 Å². The lowest BCUT2D eigenvalue weighted by Crippen LogP contribution is -1.99. The minimum absolute atomic E-state index is 0.201. The van der Waals surface area contributed by atoms with E-state index in [1.54, 1.807) is 18.2 Å². The van der Waals surface area contributed by atoms with Crippen molar-refractivity contribution in [2.45, 2.75) is 19.6 Å². The molecule has 0 heterocycles. The molecule has 0 bridgehead atoms. The van der Waals surface area contributed by atoms with Gasteiger partial charge in [-0.15, -0.1) is 0 Å². The molecule has 106 valence electrons. The molecule has 0 aliphatic rings. The molecule has 0 spiro atoms. The van der Waals surface area contributed by atoms with E-state index in [1.165, 1.54) is 25.1 Å². The molecule has 5 heteroatoms. The molecule has 0 amide bonds. The lowest BCUT2D eigenvalue weighted by atomic mass is 10.1. The number of aliphatic hydroxyl groups is 1. The highest BCUT2D eigenvalue weighted by Gasteiger charge is 2.09. The van der Waals surface area contributed by atoms with Gasteiger partial charge in [0.1, 0.15) is 24.0 Å². The third-order valence-electron chi connectivity index (χ3n) is 2.81. The molecule has 0 unspecified atom stereocenters. The zero-order valence-corrected chi connectivity index (χ0v) is 12.3. The van der Waals surface area contributed by atoms with Crippen molar-refractivity contribution in [3.05, 3.63) is 63.6 Å². The van der Waals surface area contributed by atoms with Gasteiger partial charge in [0.25, 0.3) is 0 Å². The molecule has 1 N–H and O–H groups in total. The van der Waals surface area contributed by atoms with E-state index in [1.807, 2.05) is 0 Å². The van der Waals surface area contributed by atoms with Crippen molar-refractivity contribution in [2.75, 3.05) is 0 Å². The van der Waals surface area contributed by atoms with E-state index < -0.39 is 11.9 Å². The van der Waals surface area contributed by atoms with Gasteiger partial charge in [-0.3, -0.25) is 0 Å². The van der Waals surface area contributed by atoms with Crippen molar-refractivity contribution in [1.29, 1.82) is 0 Å². The molecule has 2 aromatic carbocycles. The van der Waals surface area contributed by atoms with E-state index in [2.05, 4.69) is 15.9 Å². The molecule has 0 saturated carbocycles. The highest BCUT2D eigenvalue weighted by atomic mass is 79.9. The Morgan fingerprint density at radius 3 is 2.50 bits per heavy atom. The van der Waals surface area contributed by atoms with Crippen LogP contribution in [0.1, 0.15) is 24.2 Å². The van der Waals surface area contributed by atoms with Crippen LogP contribution >= 0.6 is 15.9 Å². The van der Waals surface area contributed by atoms with Gasteiger partial charge < -0.3 is 9.84 Å². The van der Waals surface area contributed by atoms with Crippen molar-refractivity contribution in [3.63, 3.8) is 0 Å². The Morgan fingerprint density at radius 1 is 1.15 bits per heavy atom. The number of hydrogen-bond donors (Lipinski definition) is 1. The van der Waals surface area contributed by atoms with Crippen LogP contribution in [-0.2, 0) is 6.61 Å². The Bertz CT molecular complexity index is 615. The zero-order chi connectivity index (χ0) is 14.7. The fourth-order valence-corrected chi connectivity index (χ4v) is 2.16. The second kappa shape index (κ2) is 6.33. The van der Waals surface area contributed by atoms with Gasteiger partial charge in [0, 0.05) is 11.6 Å². The van der Waals surface area contributed by atoms with Gasteiger partial charge in [0.05, 0.1) is 10.6 Å². The van der Waals surface area contributed by atoms with Crippen LogP contribution in [0.2, 0.25) is 0 Å². The van der Waals surface area contributed by atoms with Crippen LogP contribution < -0.4 is 4.74 Å². The summed E-state index contributed by atoms with van der Waals surface area (Å²) in [5, 5.41) is 9.34. The first-order valence-electron chi connectivity index (χ1n) is 6.01. The summed E-state index contributed by atoms with van der Waals surface area (Å²) >= 11 is 3.09. The molecular weight excluding hydrogens is 330 g/mol. The summed E-state index contributed by atoms with van der Waals surface area (Å²) in [6.45, 7) is 1.70. The average molecular weight is 343 g/mol. The number of benzene rings is 2. The number of ether oxygens (including phenoxy) is 1. The lowest BCUT2D eigenvalue weighted by Gasteiger charge is -2.10. The van der Waals surface area contributed by atoms with Crippen LogP contribution in [0.5, 0.6) is 5.75 Å². The predicted molar refractivity (Wildman–Crippen MR) is 75.5 cm³/mol. The maximum absolute atomic E-state index is 13.6. The monoisotopic (exact) mass is 342 g/mol. The zero-order valence-electron chi connectivity index (χ0n) is 10.7. The fourth-order valence-electron chi connectivity index (χ4n) is 1.73. The molecule has 0 saturated heterocycles. The van der Waals surface area contributed by atoms with Gasteiger partial charge in [-0.05, 0) is 52.7 Å². The van der Waals surface area contributed by atoms with Crippen molar-refractivity contribution in [1.82, 2.24) is 0 Å². The Labute approximate surface area is 124 Å². The largest absolute Gasteiger partial charge is 0.489 e. The van der Waals surface area contributed by atoms with Gasteiger partial charge in [0.2, 0.25) is 0 Å². The minimum Gasteiger partial charge on any atom is -0.489 e. The number of hydrogen-bond acceptors (Lipinski definition) is 2. The summed E-state index contributed by atoms with van der Waals surface area (Å²) in [5.41, 5.74) is 0.986. The first-order chi connectivity index (χ1) is 9.47. The quantitative estimate of drug-likeness (QED) is 0.894. The Hall–Kier alpha value is -1.46. The molecule has 0 radical (unpaired) electrons. The highest BCUT2D eigenvalue weighted by molar-refractivity contribution is 9.10. The Balaban J connectivity index is 2.07. The maximum atomic E-state index is 13.6. The van der Waals surface area contributed by atoms with Crippen molar-refractivity contribution in [3.8, 4) is 5.75 Å². The standard InChI is InChI=1S/C15H13BrF2O2/c1-9(19)12-4-3-11(7-15(12)18)20-8-10-2-5-14(17)13(16)6-10/h2-7,9,19H,8H2,1H3/t9-/m1/s1. The second-order valence-corrected chi connectivity index (χ2v) is 5.25. The summed E-state index contributed by atoms with van der Waals surface area (Å²) in [5.74, 6) is -0.508. The molecular formula is C15H13BrF2O2. The molecule has 0 aliphatic heterocycles. The number of rotatable bonds is 4. The molecule has 1 atom stereocenters. The van der Waals surface area contributed by atoms with Crippen molar-refractivity contribution >= 4 is 15.9 Å². The molecule has 0 aliphatic carbocycles. The number of aliphatic hydroxyl groups excluding tert-OH is 1. The van der Waals surface area contributed by atoms with Gasteiger partial charge in [0.15, 0.2) is 0 Å². The highest BCUT2D eigenvalue weighted by Crippen LogP contribution is 2.23. The molecule has 2 nitrogen and oxygen atoms in total. The summed E-state index contributed by atoms with van der Waals surface area (Å²) in [6.07, 6.45) is -0.864. The van der Waals surface area contributed by atoms with E-state index in [4.69, 9.17) is 4.74 Å². The molecule has 0 aromatic heterocycles. The fraction of sp³-hybridized carbons (Fsp3) is 0.200. The van der Waals surface area contributed by atoms with Crippen LogP contribution in [0.4, 0.5) is 8.78 Å². The first kappa shape index (κ1) is 14.9. The third kappa shape index (κ3) is 3.55. The summed E-state index contributed by atoms with van der Waals surface area (Å²) in [4.78, 5) is 0. The van der Waals surface area contributed by atoms with E-state index in [9.17, 15) is 13.9 Å². The van der Waals surface area contributed by atoms with Crippen LogP contribution in [-0.4, -0.2) is 5.11 Å². The lowest BCUT2D eigenvalue weighted by molar-refractivity contribution is 0.194. The van der Waals surface area contributed by atoms with E-state index >= 15 is 0 Å². The van der Waals surface area contributed by atoms with Crippen LogP contribution in [0.15, 0.2) is 40.9 Å². The Morgan fingerprint density at radius 2 is 1.90 bits per heavy atom. The summed E-state index contributed by atoms with van der Waals surface area (Å²) in [6, 6.07) is 8.83. The van der Waals surface area contributed by atoms with Crippen LogP contribution in [0.25, 0.3) is 0 Å². The normalized spacial score (nSPS) is 12.2. The van der Waals surface area contributed by atoms with Gasteiger partial charge in [-0.1, -0.05) is 6.07 Å². The summed E-state index contributed by atoms with van der Waals surface area (Å²) < 4.78 is 32.5. The maximum Gasteiger partial charge on any atom is 0.137 e. The average Bonchev–Trinajstić information content (AvgIpc) is 2.40. The van der Waals surface area contributed by atoms with Crippen LogP contribution in [0, 0.1) is 11.6 Å². The Kier molecular flexibility index (Phi) is 4.73. The molecule has 2 aromatic rings. The third-order valence-corrected chi connectivity index (χ3v) is 3.42. The minimum atomic E-state index is -0.864. The van der Waals surface area contributed by atoms with Gasteiger partial charge in [-0.25, -0.2) is 8.78 Å². The van der Waals surface area contributed by atoms with Gasteiger partial charge >= 0.3 is 0 Å². The molecule has 20 heavy (non-hydrogen) atoms. The predicted octanol–water partition coefficient (Wildman–Crippen LogP) is 4.36.